The average Bonchev–Trinajstić information content (AvgIpc) is 3.17. The summed E-state index contributed by atoms with van der Waals surface area (Å²) in [7, 11) is 0. The molecule has 1 aromatic heterocycles. The minimum absolute atomic E-state index is 0. The van der Waals surface area contributed by atoms with Crippen molar-refractivity contribution in [1.29, 1.82) is 0 Å². The lowest BCUT2D eigenvalue weighted by Crippen LogP contribution is -2.45. The third-order valence-electron chi connectivity index (χ3n) is 4.75. The van der Waals surface area contributed by atoms with Crippen LogP contribution in [0.25, 0.3) is 0 Å². The fraction of sp³-hybridized carbons (Fsp3) is 0.455. The van der Waals surface area contributed by atoms with Crippen molar-refractivity contribution in [2.45, 2.75) is 45.4 Å². The molecule has 1 atom stereocenters. The Morgan fingerprint density at radius 1 is 1.21 bits per heavy atom. The van der Waals surface area contributed by atoms with Crippen LogP contribution in [0.3, 0.4) is 0 Å². The van der Waals surface area contributed by atoms with Gasteiger partial charge in [0.1, 0.15) is 6.61 Å². The van der Waals surface area contributed by atoms with Crippen molar-refractivity contribution in [1.82, 2.24) is 15.6 Å². The highest BCUT2D eigenvalue weighted by atomic mass is 127. The number of pyridine rings is 1. The number of ether oxygens (including phenoxy) is 2. The molecule has 2 heterocycles. The molecule has 2 aromatic rings. The highest BCUT2D eigenvalue weighted by molar-refractivity contribution is 14.0. The molecule has 1 unspecified atom stereocenters. The van der Waals surface area contributed by atoms with Gasteiger partial charge in [0.05, 0.1) is 12.1 Å². The smallest absolute Gasteiger partial charge is 0.218 e. The molecule has 29 heavy (non-hydrogen) atoms. The summed E-state index contributed by atoms with van der Waals surface area (Å²) in [6.07, 6.45) is 3.93. The van der Waals surface area contributed by atoms with E-state index in [1.165, 1.54) is 0 Å². The molecule has 0 spiro atoms. The second-order valence-electron chi connectivity index (χ2n) is 7.19. The van der Waals surface area contributed by atoms with E-state index < -0.39 is 0 Å². The van der Waals surface area contributed by atoms with Gasteiger partial charge in [0, 0.05) is 31.5 Å². The van der Waals surface area contributed by atoms with Crippen molar-refractivity contribution in [3.05, 3.63) is 59.8 Å². The predicted octanol–water partition coefficient (Wildman–Crippen LogP) is 3.90. The van der Waals surface area contributed by atoms with Crippen LogP contribution in [0.2, 0.25) is 0 Å². The first kappa shape index (κ1) is 23.4. The molecule has 0 amide bonds. The molecule has 6 nitrogen and oxygen atoms in total. The van der Waals surface area contributed by atoms with Crippen molar-refractivity contribution in [3.63, 3.8) is 0 Å². The van der Waals surface area contributed by atoms with Crippen LogP contribution in [-0.4, -0.2) is 36.2 Å². The first-order chi connectivity index (χ1) is 13.7. The number of benzene rings is 1. The van der Waals surface area contributed by atoms with Gasteiger partial charge in [0.25, 0.3) is 0 Å². The van der Waals surface area contributed by atoms with Crippen LogP contribution < -0.4 is 15.4 Å². The Balaban J connectivity index is 0.00000300. The van der Waals surface area contributed by atoms with Crippen LogP contribution >= 0.6 is 24.0 Å². The van der Waals surface area contributed by atoms with Gasteiger partial charge >= 0.3 is 0 Å². The molecule has 158 valence electrons. The second kappa shape index (κ2) is 12.0. The summed E-state index contributed by atoms with van der Waals surface area (Å²) < 4.78 is 11.8. The number of nitrogens with one attached hydrogen (secondary N) is 2. The summed E-state index contributed by atoms with van der Waals surface area (Å²) in [6.45, 7) is 7.56. The van der Waals surface area contributed by atoms with Gasteiger partial charge in [-0.3, -0.25) is 0 Å². The number of hydrogen-bond acceptors (Lipinski definition) is 4. The SMILES string of the molecule is CCNC(=NCc1cccnc1OCc1ccccc1)NCC1(C)CCCO1.I. The Bertz CT molecular complexity index is 764. The molecule has 1 aliphatic heterocycles. The molecule has 0 aliphatic carbocycles. The molecule has 7 heteroatoms. The van der Waals surface area contributed by atoms with E-state index in [0.717, 1.165) is 49.6 Å². The lowest BCUT2D eigenvalue weighted by molar-refractivity contribution is 0.0243. The fourth-order valence-electron chi connectivity index (χ4n) is 3.15. The first-order valence-corrected chi connectivity index (χ1v) is 9.95. The zero-order valence-corrected chi connectivity index (χ0v) is 19.5. The number of hydrogen-bond donors (Lipinski definition) is 2. The Morgan fingerprint density at radius 3 is 2.76 bits per heavy atom. The van der Waals surface area contributed by atoms with Crippen LogP contribution in [0.4, 0.5) is 0 Å². The quantitative estimate of drug-likeness (QED) is 0.321. The summed E-state index contributed by atoms with van der Waals surface area (Å²) in [6, 6.07) is 14.0. The predicted molar refractivity (Wildman–Crippen MR) is 127 cm³/mol. The lowest BCUT2D eigenvalue weighted by Gasteiger charge is -2.24. The summed E-state index contributed by atoms with van der Waals surface area (Å²) >= 11 is 0. The monoisotopic (exact) mass is 510 g/mol. The second-order valence-corrected chi connectivity index (χ2v) is 7.19. The number of halogens is 1. The summed E-state index contributed by atoms with van der Waals surface area (Å²) in [5.41, 5.74) is 1.95. The fourth-order valence-corrected chi connectivity index (χ4v) is 3.15. The molecule has 0 bridgehead atoms. The highest BCUT2D eigenvalue weighted by Gasteiger charge is 2.29. The van der Waals surface area contributed by atoms with E-state index in [9.17, 15) is 0 Å². The molecule has 1 saturated heterocycles. The van der Waals surface area contributed by atoms with Gasteiger partial charge in [-0.2, -0.15) is 0 Å². The minimum Gasteiger partial charge on any atom is -0.473 e. The van der Waals surface area contributed by atoms with E-state index in [1.807, 2.05) is 42.5 Å². The van der Waals surface area contributed by atoms with Gasteiger partial charge in [-0.1, -0.05) is 36.4 Å². The standard InChI is InChI=1S/C22H30N4O2.HI/c1-3-23-21(26-17-22(2)12-8-14-28-22)25-15-19-11-7-13-24-20(19)27-16-18-9-5-4-6-10-18;/h4-7,9-11,13H,3,8,12,14-17H2,1-2H3,(H2,23,25,26);1H. The van der Waals surface area contributed by atoms with Gasteiger partial charge in [-0.05, 0) is 38.3 Å². The van der Waals surface area contributed by atoms with E-state index in [2.05, 4.69) is 29.5 Å². The van der Waals surface area contributed by atoms with E-state index >= 15 is 0 Å². The number of nitrogens with zero attached hydrogens (tertiary/aromatic N) is 2. The van der Waals surface area contributed by atoms with Crippen LogP contribution in [-0.2, 0) is 17.9 Å². The summed E-state index contributed by atoms with van der Waals surface area (Å²) in [4.78, 5) is 9.10. The van der Waals surface area contributed by atoms with Gasteiger partial charge in [-0.15, -0.1) is 24.0 Å². The number of aromatic nitrogens is 1. The van der Waals surface area contributed by atoms with Crippen LogP contribution in [0, 0.1) is 0 Å². The molecule has 1 aromatic carbocycles. The largest absolute Gasteiger partial charge is 0.473 e. The third kappa shape index (κ3) is 7.47. The Kier molecular flexibility index (Phi) is 9.66. The van der Waals surface area contributed by atoms with E-state index in [4.69, 9.17) is 14.5 Å². The van der Waals surface area contributed by atoms with Crippen molar-refractivity contribution < 1.29 is 9.47 Å². The molecule has 3 rings (SSSR count). The van der Waals surface area contributed by atoms with E-state index in [-0.39, 0.29) is 29.6 Å². The summed E-state index contributed by atoms with van der Waals surface area (Å²) in [5.74, 6) is 1.40. The molecule has 1 fully saturated rings. The van der Waals surface area contributed by atoms with Gasteiger partial charge in [-0.25, -0.2) is 9.98 Å². The highest BCUT2D eigenvalue weighted by Crippen LogP contribution is 2.24. The average molecular weight is 510 g/mol. The van der Waals surface area contributed by atoms with E-state index in [1.54, 1.807) is 6.20 Å². The Labute approximate surface area is 190 Å². The normalized spacial score (nSPS) is 18.8. The maximum atomic E-state index is 5.93. The van der Waals surface area contributed by atoms with Crippen molar-refractivity contribution in [2.75, 3.05) is 19.7 Å². The molecular formula is C22H31IN4O2. The number of rotatable bonds is 8. The van der Waals surface area contributed by atoms with E-state index in [0.29, 0.717) is 19.0 Å². The maximum absolute atomic E-state index is 5.93. The summed E-state index contributed by atoms with van der Waals surface area (Å²) in [5, 5.41) is 6.70. The van der Waals surface area contributed by atoms with Gasteiger partial charge in [0.15, 0.2) is 5.96 Å². The zero-order chi connectivity index (χ0) is 19.7. The van der Waals surface area contributed by atoms with Crippen molar-refractivity contribution >= 4 is 29.9 Å². The maximum Gasteiger partial charge on any atom is 0.218 e. The third-order valence-corrected chi connectivity index (χ3v) is 4.75. The molecule has 2 N–H and O–H groups in total. The zero-order valence-electron chi connectivity index (χ0n) is 17.2. The van der Waals surface area contributed by atoms with Crippen LogP contribution in [0.1, 0.15) is 37.8 Å². The Hall–Kier alpha value is -1.87. The number of guanidine groups is 1. The van der Waals surface area contributed by atoms with Crippen LogP contribution in [0.5, 0.6) is 5.88 Å². The van der Waals surface area contributed by atoms with Crippen molar-refractivity contribution in [2.24, 2.45) is 4.99 Å². The first-order valence-electron chi connectivity index (χ1n) is 9.95. The minimum atomic E-state index is -0.117. The van der Waals surface area contributed by atoms with Gasteiger partial charge < -0.3 is 20.1 Å². The Morgan fingerprint density at radius 2 is 2.03 bits per heavy atom. The van der Waals surface area contributed by atoms with Crippen molar-refractivity contribution in [3.8, 4) is 5.88 Å². The van der Waals surface area contributed by atoms with Crippen LogP contribution in [0.15, 0.2) is 53.7 Å². The molecular weight excluding hydrogens is 479 g/mol. The van der Waals surface area contributed by atoms with Gasteiger partial charge in [0.2, 0.25) is 5.88 Å². The molecule has 1 aliphatic rings. The number of aliphatic imine (C=N–C) groups is 1. The lowest BCUT2D eigenvalue weighted by atomic mass is 10.0. The molecule has 0 radical (unpaired) electrons. The molecule has 0 saturated carbocycles. The topological polar surface area (TPSA) is 67.8 Å².